The lowest BCUT2D eigenvalue weighted by atomic mass is 10.1. The van der Waals surface area contributed by atoms with Gasteiger partial charge in [-0.15, -0.1) is 11.8 Å². The number of nitrogens with zero attached hydrogens (tertiary/aromatic N) is 2. The van der Waals surface area contributed by atoms with E-state index in [2.05, 4.69) is 0 Å². The molecule has 2 aromatic carbocycles. The zero-order chi connectivity index (χ0) is 24.3. The molecule has 0 spiro atoms. The first-order chi connectivity index (χ1) is 15.5. The molecule has 9 heteroatoms. The Morgan fingerprint density at radius 2 is 1.88 bits per heavy atom. The predicted molar refractivity (Wildman–Crippen MR) is 130 cm³/mol. The highest BCUT2D eigenvalue weighted by molar-refractivity contribution is 7.99. The monoisotopic (exact) mass is 492 g/mol. The van der Waals surface area contributed by atoms with Crippen LogP contribution in [0.2, 0.25) is 5.02 Å². The minimum Gasteiger partial charge on any atom is -0.497 e. The molecule has 0 radical (unpaired) electrons. The minimum absolute atomic E-state index is 0.191. The maximum Gasteiger partial charge on any atom is 0.410 e. The van der Waals surface area contributed by atoms with Gasteiger partial charge in [0.05, 0.1) is 18.0 Å². The molecule has 7 nitrogen and oxygen atoms in total. The van der Waals surface area contributed by atoms with Crippen LogP contribution in [0.15, 0.2) is 47.4 Å². The first-order valence-electron chi connectivity index (χ1n) is 10.5. The summed E-state index contributed by atoms with van der Waals surface area (Å²) in [5.41, 5.74) is 0.813. The van der Waals surface area contributed by atoms with Crippen molar-refractivity contribution in [3.05, 3.63) is 53.1 Å². The van der Waals surface area contributed by atoms with Crippen molar-refractivity contribution in [2.24, 2.45) is 0 Å². The third-order valence-corrected chi connectivity index (χ3v) is 6.68. The largest absolute Gasteiger partial charge is 0.497 e. The maximum atomic E-state index is 13.4. The van der Waals surface area contributed by atoms with Crippen molar-refractivity contribution in [1.29, 1.82) is 0 Å². The molecule has 1 aliphatic rings. The van der Waals surface area contributed by atoms with Gasteiger partial charge in [-0.2, -0.15) is 0 Å². The molecule has 0 saturated carbocycles. The van der Waals surface area contributed by atoms with Crippen LogP contribution < -0.4 is 9.64 Å². The molecule has 0 fully saturated rings. The van der Waals surface area contributed by atoms with Gasteiger partial charge in [0, 0.05) is 30.1 Å². The van der Waals surface area contributed by atoms with E-state index in [9.17, 15) is 14.7 Å². The van der Waals surface area contributed by atoms with Gasteiger partial charge in [0.15, 0.2) is 0 Å². The highest BCUT2D eigenvalue weighted by Gasteiger charge is 2.37. The fourth-order valence-electron chi connectivity index (χ4n) is 3.37. The molecule has 33 heavy (non-hydrogen) atoms. The van der Waals surface area contributed by atoms with Gasteiger partial charge in [0.25, 0.3) is 5.91 Å². The van der Waals surface area contributed by atoms with Crippen molar-refractivity contribution in [2.45, 2.75) is 42.6 Å². The second-order valence-corrected chi connectivity index (χ2v) is 10.4. The van der Waals surface area contributed by atoms with Gasteiger partial charge >= 0.3 is 6.09 Å². The zero-order valence-electron chi connectivity index (χ0n) is 19.4. The van der Waals surface area contributed by atoms with Gasteiger partial charge in [-0.1, -0.05) is 23.7 Å². The van der Waals surface area contributed by atoms with Crippen LogP contribution in [0.4, 0.5) is 10.5 Å². The molecule has 3 rings (SSSR count). The Hall–Kier alpha value is -2.42. The third-order valence-electron chi connectivity index (χ3n) is 5.08. The number of hydrogen-bond acceptors (Lipinski definition) is 6. The minimum atomic E-state index is -1.29. The van der Waals surface area contributed by atoms with Crippen molar-refractivity contribution in [1.82, 2.24) is 4.90 Å². The summed E-state index contributed by atoms with van der Waals surface area (Å²) in [6.07, 6.45) is -1.77. The van der Waals surface area contributed by atoms with Crippen molar-refractivity contribution >= 4 is 41.1 Å². The molecule has 0 aliphatic carbocycles. The average molecular weight is 493 g/mol. The van der Waals surface area contributed by atoms with Gasteiger partial charge in [0.2, 0.25) is 0 Å². The smallest absolute Gasteiger partial charge is 0.410 e. The first kappa shape index (κ1) is 25.2. The summed E-state index contributed by atoms with van der Waals surface area (Å²) >= 11 is 7.63. The molecule has 2 amide bonds. The third kappa shape index (κ3) is 6.13. The Balaban J connectivity index is 1.88. The highest BCUT2D eigenvalue weighted by Crippen LogP contribution is 2.46. The number of anilines is 1. The van der Waals surface area contributed by atoms with Gasteiger partial charge < -0.3 is 24.4 Å². The summed E-state index contributed by atoms with van der Waals surface area (Å²) in [4.78, 5) is 29.4. The predicted octanol–water partition coefficient (Wildman–Crippen LogP) is 4.76. The van der Waals surface area contributed by atoms with E-state index in [1.165, 1.54) is 21.6 Å². The molecule has 0 bridgehead atoms. The molecule has 1 N–H and O–H groups in total. The van der Waals surface area contributed by atoms with Crippen LogP contribution in [-0.4, -0.2) is 61.0 Å². The number of ether oxygens (including phenoxy) is 2. The highest BCUT2D eigenvalue weighted by atomic mass is 35.5. The lowest BCUT2D eigenvalue weighted by molar-refractivity contribution is -0.126. The zero-order valence-corrected chi connectivity index (χ0v) is 20.9. The van der Waals surface area contributed by atoms with E-state index >= 15 is 0 Å². The molecule has 0 aromatic heterocycles. The topological polar surface area (TPSA) is 79.3 Å². The van der Waals surface area contributed by atoms with Crippen LogP contribution in [0, 0.1) is 0 Å². The summed E-state index contributed by atoms with van der Waals surface area (Å²) in [6, 6.07) is 12.5. The fraction of sp³-hybridized carbons (Fsp3) is 0.417. The number of likely N-dealkylation sites (N-methyl/N-ethyl adjacent to an activating group) is 1. The molecule has 1 heterocycles. The number of halogens is 1. The van der Waals surface area contributed by atoms with E-state index in [0.717, 1.165) is 10.5 Å². The number of methoxy groups -OCH3 is 1. The van der Waals surface area contributed by atoms with E-state index in [-0.39, 0.29) is 13.1 Å². The molecular formula is C24H29ClN2O5S. The standard InChI is InChI=1S/C24H29ClN2O5S/c1-24(2,3)32-23(30)26(4)12-13-27-18-11-8-16(25)14-19(18)33-21(20(28)22(27)29)15-6-9-17(31-5)10-7-15/h6-11,14,20-21,28H,12-13H2,1-5H3/t20-,21+/m1/s1. The first-order valence-corrected chi connectivity index (χ1v) is 11.8. The van der Waals surface area contributed by atoms with Crippen LogP contribution in [-0.2, 0) is 9.53 Å². The molecular weight excluding hydrogens is 464 g/mol. The molecule has 2 aromatic rings. The maximum absolute atomic E-state index is 13.4. The number of rotatable bonds is 5. The summed E-state index contributed by atoms with van der Waals surface area (Å²) < 4.78 is 10.6. The Morgan fingerprint density at radius 1 is 1.21 bits per heavy atom. The molecule has 0 saturated heterocycles. The van der Waals surface area contributed by atoms with Crippen LogP contribution in [0.1, 0.15) is 31.6 Å². The van der Waals surface area contributed by atoms with Crippen molar-refractivity contribution in [3.8, 4) is 5.75 Å². The average Bonchev–Trinajstić information content (AvgIpc) is 2.85. The molecule has 1 aliphatic heterocycles. The second-order valence-electron chi connectivity index (χ2n) is 8.76. The normalized spacial score (nSPS) is 18.4. The van der Waals surface area contributed by atoms with Crippen LogP contribution in [0.5, 0.6) is 5.75 Å². The number of carbonyl (C=O) groups excluding carboxylic acids is 2. The number of amides is 2. The fourth-order valence-corrected chi connectivity index (χ4v) is 4.91. The number of aliphatic hydroxyl groups excluding tert-OH is 1. The van der Waals surface area contributed by atoms with Gasteiger partial charge in [-0.05, 0) is 56.7 Å². The van der Waals surface area contributed by atoms with Crippen LogP contribution in [0.25, 0.3) is 0 Å². The molecule has 2 atom stereocenters. The van der Waals surface area contributed by atoms with Gasteiger partial charge in [0.1, 0.15) is 17.5 Å². The van der Waals surface area contributed by atoms with E-state index < -0.39 is 29.0 Å². The van der Waals surface area contributed by atoms with Crippen LogP contribution in [0.3, 0.4) is 0 Å². The lowest BCUT2D eigenvalue weighted by Crippen LogP contribution is -2.45. The quantitative estimate of drug-likeness (QED) is 0.648. The van der Waals surface area contributed by atoms with E-state index in [4.69, 9.17) is 21.1 Å². The van der Waals surface area contributed by atoms with Crippen LogP contribution >= 0.6 is 23.4 Å². The van der Waals surface area contributed by atoms with Crippen molar-refractivity contribution < 1.29 is 24.2 Å². The Bertz CT molecular complexity index is 1010. The van der Waals surface area contributed by atoms with E-state index in [1.807, 2.05) is 12.1 Å². The Kier molecular flexibility index (Phi) is 7.82. The number of carbonyl (C=O) groups is 2. The van der Waals surface area contributed by atoms with E-state index in [0.29, 0.717) is 16.5 Å². The molecule has 178 valence electrons. The summed E-state index contributed by atoms with van der Waals surface area (Å²) in [5, 5.41) is 11.1. The second kappa shape index (κ2) is 10.2. The number of benzene rings is 2. The summed E-state index contributed by atoms with van der Waals surface area (Å²) in [5.74, 6) is 0.246. The molecule has 0 unspecified atom stereocenters. The summed E-state index contributed by atoms with van der Waals surface area (Å²) in [6.45, 7) is 5.81. The lowest BCUT2D eigenvalue weighted by Gasteiger charge is -2.29. The van der Waals surface area contributed by atoms with Gasteiger partial charge in [-0.25, -0.2) is 4.79 Å². The Labute approximate surface area is 203 Å². The summed E-state index contributed by atoms with van der Waals surface area (Å²) in [7, 11) is 3.20. The number of aliphatic hydroxyl groups is 1. The van der Waals surface area contributed by atoms with E-state index in [1.54, 1.807) is 65.3 Å². The Morgan fingerprint density at radius 3 is 2.48 bits per heavy atom. The number of hydrogen-bond donors (Lipinski definition) is 1. The number of thioether (sulfide) groups is 1. The number of fused-ring (bicyclic) bond motifs is 1. The van der Waals surface area contributed by atoms with Crippen molar-refractivity contribution in [2.75, 3.05) is 32.1 Å². The van der Waals surface area contributed by atoms with Gasteiger partial charge in [-0.3, -0.25) is 4.79 Å². The van der Waals surface area contributed by atoms with Crippen molar-refractivity contribution in [3.63, 3.8) is 0 Å². The SMILES string of the molecule is COc1ccc([C@@H]2Sc3cc(Cl)ccc3N(CCN(C)C(=O)OC(C)(C)C)C(=O)[C@@H]2O)cc1.